The molecule has 18 heteroatoms. The van der Waals surface area contributed by atoms with Gasteiger partial charge in [-0.05, 0) is 136 Å². The SMILES string of the molecule is CC.CC(C)N1CCOc2c(F)cc(-c3cnc(Nc4ccc(C5CCN(C)CC5)nn4)o3)cc21.CC(C)N1CCOc2c(F)cc(-c3cnc(Nc4ccc(N5CCC(N(C)C)CC5)cn4)o3)cc21. The number of benzene rings is 2. The molecule has 10 rings (SSSR count). The smallest absolute Gasteiger partial charge is 0.300 e. The largest absolute Gasteiger partial charge is 0.486 e. The summed E-state index contributed by atoms with van der Waals surface area (Å²) in [5, 5.41) is 14.9. The summed E-state index contributed by atoms with van der Waals surface area (Å²) < 4.78 is 52.5. The Morgan fingerprint density at radius 2 is 1.16 bits per heavy atom. The molecule has 8 heterocycles. The fourth-order valence-corrected chi connectivity index (χ4v) is 9.33. The third-order valence-electron chi connectivity index (χ3n) is 13.3. The summed E-state index contributed by atoms with van der Waals surface area (Å²) in [5.41, 5.74) is 4.81. The van der Waals surface area contributed by atoms with Crippen molar-refractivity contribution in [1.29, 1.82) is 0 Å². The molecule has 0 spiro atoms. The maximum absolute atomic E-state index is 14.8. The van der Waals surface area contributed by atoms with E-state index in [1.54, 1.807) is 12.4 Å². The number of piperidine rings is 2. The Balaban J connectivity index is 0.000000182. The van der Waals surface area contributed by atoms with E-state index in [9.17, 15) is 8.78 Å². The lowest BCUT2D eigenvalue weighted by atomic mass is 9.94. The number of aromatic nitrogens is 5. The van der Waals surface area contributed by atoms with Crippen LogP contribution in [0.2, 0.25) is 0 Å². The number of rotatable bonds is 11. The molecule has 0 atom stereocenters. The number of nitrogens with one attached hydrogen (secondary N) is 2. The monoisotopic (exact) mass is 963 g/mol. The van der Waals surface area contributed by atoms with Gasteiger partial charge in [0, 0.05) is 48.3 Å². The Morgan fingerprint density at radius 1 is 0.629 bits per heavy atom. The molecule has 2 saturated heterocycles. The van der Waals surface area contributed by atoms with Crippen LogP contribution in [0.1, 0.15) is 78.8 Å². The molecule has 0 bridgehead atoms. The molecule has 0 amide bonds. The molecule has 0 radical (unpaired) electrons. The molecular formula is C52H68F2N12O4. The van der Waals surface area contributed by atoms with Crippen LogP contribution >= 0.6 is 0 Å². The van der Waals surface area contributed by atoms with Gasteiger partial charge in [0.25, 0.3) is 0 Å². The van der Waals surface area contributed by atoms with E-state index in [1.165, 1.54) is 12.1 Å². The van der Waals surface area contributed by atoms with Crippen LogP contribution < -0.4 is 34.8 Å². The van der Waals surface area contributed by atoms with Crippen molar-refractivity contribution in [3.05, 3.63) is 84.4 Å². The lowest BCUT2D eigenvalue weighted by molar-refractivity contribution is 0.249. The molecule has 0 aliphatic carbocycles. The van der Waals surface area contributed by atoms with Gasteiger partial charge < -0.3 is 42.8 Å². The van der Waals surface area contributed by atoms with E-state index in [0.29, 0.717) is 84.3 Å². The zero-order valence-electron chi connectivity index (χ0n) is 42.0. The average Bonchev–Trinajstić information content (AvgIpc) is 4.05. The normalized spacial score (nSPS) is 16.5. The minimum atomic E-state index is -0.408. The van der Waals surface area contributed by atoms with Gasteiger partial charge in [-0.1, -0.05) is 13.8 Å². The summed E-state index contributed by atoms with van der Waals surface area (Å²) in [6, 6.07) is 16.2. The van der Waals surface area contributed by atoms with Crippen LogP contribution in [-0.2, 0) is 0 Å². The fourth-order valence-electron chi connectivity index (χ4n) is 9.33. The highest BCUT2D eigenvalue weighted by Gasteiger charge is 2.28. The van der Waals surface area contributed by atoms with Crippen molar-refractivity contribution in [3.8, 4) is 34.1 Å². The molecule has 374 valence electrons. The van der Waals surface area contributed by atoms with E-state index in [1.807, 2.05) is 50.4 Å². The Bertz CT molecular complexity index is 2630. The standard InChI is InChI=1S/C26H33FN6O2.C24H29FN6O2.C2H6/c1-17(2)33-11-12-34-25-21(27)13-18(14-22(25)33)23-16-29-26(35-23)30-24-6-5-20(15-28-24)32-9-7-19(8-10-32)31(3)4;1-15(2)31-10-11-32-23-18(25)12-17(13-20(23)31)21-14-26-24(33-21)27-22-5-4-19(28-29-22)16-6-8-30(3)9-7-16;1-2/h5-6,13-17,19H,7-12H2,1-4H3,(H,28,29,30);4-5,12-16H,6-11H2,1-3H3,(H,26,27,29);1-2H3. The van der Waals surface area contributed by atoms with Crippen LogP contribution in [0.15, 0.2) is 76.0 Å². The van der Waals surface area contributed by atoms with Crippen LogP contribution in [0.4, 0.5) is 49.5 Å². The van der Waals surface area contributed by atoms with Crippen molar-refractivity contribution in [2.45, 2.75) is 91.3 Å². The van der Waals surface area contributed by atoms with Crippen molar-refractivity contribution >= 4 is 40.7 Å². The summed E-state index contributed by atoms with van der Waals surface area (Å²) in [5.74, 6) is 2.35. The van der Waals surface area contributed by atoms with E-state index in [4.69, 9.17) is 18.3 Å². The molecule has 4 aromatic heterocycles. The number of fused-ring (bicyclic) bond motifs is 2. The summed E-state index contributed by atoms with van der Waals surface area (Å²) in [7, 11) is 6.44. The van der Waals surface area contributed by atoms with Gasteiger partial charge in [-0.2, -0.15) is 5.10 Å². The van der Waals surface area contributed by atoms with Gasteiger partial charge in [-0.15, -0.1) is 5.10 Å². The molecule has 2 fully saturated rings. The predicted molar refractivity (Wildman–Crippen MR) is 272 cm³/mol. The van der Waals surface area contributed by atoms with E-state index >= 15 is 0 Å². The first-order valence-corrected chi connectivity index (χ1v) is 24.7. The first-order valence-electron chi connectivity index (χ1n) is 24.7. The lowest BCUT2D eigenvalue weighted by Crippen LogP contribution is -2.42. The third kappa shape index (κ3) is 11.6. The minimum absolute atomic E-state index is 0.227. The quantitative estimate of drug-likeness (QED) is 0.127. The molecule has 6 aromatic rings. The number of hydrogen-bond acceptors (Lipinski definition) is 16. The molecule has 16 nitrogen and oxygen atoms in total. The van der Waals surface area contributed by atoms with E-state index in [-0.39, 0.29) is 23.8 Å². The van der Waals surface area contributed by atoms with Gasteiger partial charge in [-0.25, -0.2) is 23.7 Å². The maximum atomic E-state index is 14.8. The molecule has 4 aliphatic rings. The number of hydrogen-bond donors (Lipinski definition) is 2. The van der Waals surface area contributed by atoms with Crippen molar-refractivity contribution in [2.75, 3.05) is 99.0 Å². The van der Waals surface area contributed by atoms with Crippen LogP contribution in [0, 0.1) is 11.6 Å². The zero-order valence-corrected chi connectivity index (χ0v) is 42.0. The molecule has 0 saturated carbocycles. The summed E-state index contributed by atoms with van der Waals surface area (Å²) in [4.78, 5) is 24.4. The Hall–Kier alpha value is -6.53. The topological polar surface area (TPSA) is 149 Å². The Labute approximate surface area is 410 Å². The second-order valence-corrected chi connectivity index (χ2v) is 18.7. The third-order valence-corrected chi connectivity index (χ3v) is 13.3. The molecule has 0 unspecified atom stereocenters. The van der Waals surface area contributed by atoms with Gasteiger partial charge in [0.15, 0.2) is 40.5 Å². The second-order valence-electron chi connectivity index (χ2n) is 18.7. The lowest BCUT2D eigenvalue weighted by Gasteiger charge is -2.36. The summed E-state index contributed by atoms with van der Waals surface area (Å²) in [6.07, 6.45) is 9.53. The number of anilines is 7. The predicted octanol–water partition coefficient (Wildman–Crippen LogP) is 10.2. The van der Waals surface area contributed by atoms with Crippen molar-refractivity contribution in [3.63, 3.8) is 0 Å². The van der Waals surface area contributed by atoms with Crippen molar-refractivity contribution < 1.29 is 27.1 Å². The van der Waals surface area contributed by atoms with Crippen molar-refractivity contribution in [2.24, 2.45) is 0 Å². The van der Waals surface area contributed by atoms with Gasteiger partial charge in [0.05, 0.1) is 54.4 Å². The van der Waals surface area contributed by atoms with Crippen LogP contribution in [0.5, 0.6) is 11.5 Å². The first-order chi connectivity index (χ1) is 33.9. The number of likely N-dealkylation sites (tertiary alicyclic amines) is 1. The fraction of sp³-hybridized carbons (Fsp3) is 0.481. The van der Waals surface area contributed by atoms with Crippen LogP contribution in [0.25, 0.3) is 22.6 Å². The number of halogens is 2. The highest BCUT2D eigenvalue weighted by atomic mass is 19.1. The van der Waals surface area contributed by atoms with Crippen LogP contribution in [0.3, 0.4) is 0 Å². The highest BCUT2D eigenvalue weighted by Crippen LogP contribution is 2.41. The molecule has 4 aliphatic heterocycles. The first kappa shape index (κ1) is 49.9. The van der Waals surface area contributed by atoms with Gasteiger partial charge >= 0.3 is 12.0 Å². The Morgan fingerprint density at radius 3 is 1.63 bits per heavy atom. The van der Waals surface area contributed by atoms with E-state index in [0.717, 1.165) is 74.6 Å². The van der Waals surface area contributed by atoms with Gasteiger partial charge in [0.1, 0.15) is 19.0 Å². The number of nitrogens with zero attached hydrogens (tertiary/aromatic N) is 10. The van der Waals surface area contributed by atoms with Gasteiger partial charge in [-0.3, -0.25) is 10.6 Å². The minimum Gasteiger partial charge on any atom is -0.486 e. The number of pyridine rings is 1. The molecule has 2 aromatic carbocycles. The zero-order chi connectivity index (χ0) is 49.5. The summed E-state index contributed by atoms with van der Waals surface area (Å²) >= 11 is 0. The highest BCUT2D eigenvalue weighted by molar-refractivity contribution is 5.73. The molecular weight excluding hydrogens is 895 g/mol. The van der Waals surface area contributed by atoms with E-state index in [2.05, 4.69) is 115 Å². The Kier molecular flexibility index (Phi) is 16.0. The number of ether oxygens (including phenoxy) is 2. The maximum Gasteiger partial charge on any atom is 0.300 e. The number of oxazole rings is 2. The van der Waals surface area contributed by atoms with Crippen LogP contribution in [-0.4, -0.2) is 127 Å². The van der Waals surface area contributed by atoms with E-state index < -0.39 is 11.6 Å². The summed E-state index contributed by atoms with van der Waals surface area (Å²) in [6.45, 7) is 18.9. The van der Waals surface area contributed by atoms with Crippen molar-refractivity contribution in [1.82, 2.24) is 34.9 Å². The molecule has 70 heavy (non-hydrogen) atoms. The van der Waals surface area contributed by atoms with Gasteiger partial charge in [0.2, 0.25) is 0 Å². The average molecular weight is 963 g/mol. The second kappa shape index (κ2) is 22.5. The molecule has 2 N–H and O–H groups in total.